The third-order valence-electron chi connectivity index (χ3n) is 0.640. The number of rotatable bonds is 0. The molecule has 1 heterocycles. The topological polar surface area (TPSA) is 151 Å². The zero-order chi connectivity index (χ0) is 8.85. The van der Waals surface area contributed by atoms with Crippen LogP contribution in [0.2, 0.25) is 0 Å². The van der Waals surface area contributed by atoms with Crippen molar-refractivity contribution >= 4 is 5.95 Å². The summed E-state index contributed by atoms with van der Waals surface area (Å²) in [6, 6.07) is 0. The monoisotopic (exact) mass is 162 g/mol. The zero-order valence-electron chi connectivity index (χ0n) is 5.30. The van der Waals surface area contributed by atoms with Crippen LogP contribution in [0, 0.1) is 15.3 Å². The van der Waals surface area contributed by atoms with Crippen LogP contribution in [0.4, 0.5) is 5.95 Å². The number of aromatic nitrogens is 3. The minimum Gasteiger partial charge on any atom is -0.356 e. The Hall–Kier alpha value is -2.06. The van der Waals surface area contributed by atoms with Crippen molar-refractivity contribution in [2.24, 2.45) is 0 Å². The largest absolute Gasteiger partial charge is 0.431 e. The summed E-state index contributed by atoms with van der Waals surface area (Å²) in [5.41, 5.74) is 5.14. The second-order valence-electron chi connectivity index (χ2n) is 1.34. The van der Waals surface area contributed by atoms with Crippen molar-refractivity contribution in [2.45, 2.75) is 0 Å². The van der Waals surface area contributed by atoms with Crippen molar-refractivity contribution < 1.29 is 9.88 Å². The number of hydrogen-bond donors (Lipinski definition) is 3. The zero-order valence-corrected chi connectivity index (χ0v) is 5.30. The van der Waals surface area contributed by atoms with Gasteiger partial charge < -0.3 is 15.3 Å². The lowest BCUT2D eigenvalue weighted by molar-refractivity contribution is -0.683. The first-order valence-corrected chi connectivity index (χ1v) is 2.31. The number of H-pyrrole nitrogens is 1. The van der Waals surface area contributed by atoms with Gasteiger partial charge in [-0.05, 0) is 0 Å². The Bertz CT molecular complexity index is 211. The molecule has 9 heteroatoms. The number of nitrogens with two attached hydrogens (primary N) is 2. The van der Waals surface area contributed by atoms with Gasteiger partial charge in [-0.3, -0.25) is 11.6 Å². The van der Waals surface area contributed by atoms with E-state index in [1.165, 1.54) is 6.33 Å². The Morgan fingerprint density at radius 3 is 2.27 bits per heavy atom. The fourth-order valence-electron chi connectivity index (χ4n) is 0.286. The van der Waals surface area contributed by atoms with Crippen LogP contribution in [0.25, 0.3) is 0 Å². The summed E-state index contributed by atoms with van der Waals surface area (Å²) in [7, 11) is 0. The molecule has 0 spiro atoms. The summed E-state index contributed by atoms with van der Waals surface area (Å²) < 4.78 is 0. The fraction of sp³-hybridized carbons (Fsp3) is 0. The van der Waals surface area contributed by atoms with Crippen molar-refractivity contribution in [1.29, 1.82) is 0 Å². The maximum atomic E-state index is 8.25. The molecule has 9 nitrogen and oxygen atoms in total. The van der Waals surface area contributed by atoms with Gasteiger partial charge in [-0.15, -0.1) is 0 Å². The van der Waals surface area contributed by atoms with Gasteiger partial charge in [-0.1, -0.05) is 9.77 Å². The highest BCUT2D eigenvalue weighted by Gasteiger charge is 1.98. The van der Waals surface area contributed by atoms with Crippen LogP contribution in [-0.4, -0.2) is 15.2 Å². The third kappa shape index (κ3) is 4.44. The number of nitrogens with one attached hydrogen (secondary N) is 1. The molecule has 0 aromatic carbocycles. The summed E-state index contributed by atoms with van der Waals surface area (Å²) in [4.78, 5) is 13.0. The molecular weight excluding hydrogens is 156 g/mol. The number of hydrogen-bond acceptors (Lipinski definition) is 6. The second-order valence-corrected chi connectivity index (χ2v) is 1.34. The van der Waals surface area contributed by atoms with Crippen molar-refractivity contribution in [2.75, 3.05) is 11.6 Å². The molecule has 0 radical (unpaired) electrons. The van der Waals surface area contributed by atoms with Crippen molar-refractivity contribution in [1.82, 2.24) is 10.1 Å². The first-order chi connectivity index (χ1) is 5.04. The second kappa shape index (κ2) is 3.87. The average Bonchev–Trinajstić information content (AvgIpc) is 2.15. The summed E-state index contributed by atoms with van der Waals surface area (Å²) in [5.74, 6) is 5.39. The minimum atomic E-state index is -1.75. The van der Waals surface area contributed by atoms with Crippen LogP contribution in [0.3, 0.4) is 0 Å². The van der Waals surface area contributed by atoms with E-state index in [-0.39, 0.29) is 5.95 Å². The standard InChI is InChI=1S/C2H5N5.NO3/c3-2-5-1-6-7(2)4;2-1(3)4/h1H,4H2,(H2,3,5,6);/q;-1/p+1. The highest BCUT2D eigenvalue weighted by atomic mass is 16.9. The van der Waals surface area contributed by atoms with Crippen LogP contribution in [0.15, 0.2) is 6.33 Å². The molecule has 0 amide bonds. The summed E-state index contributed by atoms with van der Waals surface area (Å²) in [6.45, 7) is 0. The molecule has 5 N–H and O–H groups in total. The van der Waals surface area contributed by atoms with Gasteiger partial charge in [0.15, 0.2) is 0 Å². The minimum absolute atomic E-state index is 0.278. The fourth-order valence-corrected chi connectivity index (χ4v) is 0.286. The normalized spacial score (nSPS) is 8.00. The molecule has 0 saturated carbocycles. The van der Waals surface area contributed by atoms with E-state index < -0.39 is 5.09 Å². The van der Waals surface area contributed by atoms with E-state index in [2.05, 4.69) is 10.1 Å². The van der Waals surface area contributed by atoms with Crippen molar-refractivity contribution in [3.05, 3.63) is 21.6 Å². The van der Waals surface area contributed by atoms with Gasteiger partial charge in [-0.2, -0.15) is 5.10 Å². The Kier molecular flexibility index (Phi) is 3.15. The lowest BCUT2D eigenvalue weighted by Gasteiger charge is -1.77. The van der Waals surface area contributed by atoms with Crippen LogP contribution in [-0.2, 0) is 0 Å². The smallest absolute Gasteiger partial charge is 0.356 e. The van der Waals surface area contributed by atoms with E-state index in [4.69, 9.17) is 26.9 Å². The van der Waals surface area contributed by atoms with Crippen LogP contribution < -0.4 is 16.4 Å². The molecule has 0 fully saturated rings. The van der Waals surface area contributed by atoms with Crippen molar-refractivity contribution in [3.8, 4) is 0 Å². The highest BCUT2D eigenvalue weighted by molar-refractivity contribution is 4.99. The van der Waals surface area contributed by atoms with E-state index in [1.807, 2.05) is 0 Å². The maximum Gasteiger partial charge on any atom is 0.431 e. The molecular formula is C2H6N6O3. The highest BCUT2D eigenvalue weighted by Crippen LogP contribution is 1.71. The van der Waals surface area contributed by atoms with E-state index in [9.17, 15) is 0 Å². The SMILES string of the molecule is Nc1nc[nH][n+]1N.O=[N+]([O-])[O-]. The number of anilines is 1. The average molecular weight is 162 g/mol. The maximum absolute atomic E-state index is 8.25. The number of nitrogen functional groups attached to an aromatic ring is 2. The molecule has 0 saturated heterocycles. The van der Waals surface area contributed by atoms with Gasteiger partial charge in [0, 0.05) is 0 Å². The molecule has 0 bridgehead atoms. The van der Waals surface area contributed by atoms with E-state index in [0.717, 1.165) is 4.79 Å². The van der Waals surface area contributed by atoms with Crippen LogP contribution in [0.5, 0.6) is 0 Å². The molecule has 62 valence electrons. The third-order valence-corrected chi connectivity index (χ3v) is 0.640. The van der Waals surface area contributed by atoms with Gasteiger partial charge in [0.25, 0.3) is 0 Å². The molecule has 0 unspecified atom stereocenters. The first-order valence-electron chi connectivity index (χ1n) is 2.31. The van der Waals surface area contributed by atoms with Crippen LogP contribution >= 0.6 is 0 Å². The van der Waals surface area contributed by atoms with Crippen LogP contribution in [0.1, 0.15) is 0 Å². The Morgan fingerprint density at radius 1 is 1.73 bits per heavy atom. The van der Waals surface area contributed by atoms with Gasteiger partial charge in [-0.25, -0.2) is 0 Å². The molecule has 1 rings (SSSR count). The van der Waals surface area contributed by atoms with Crippen molar-refractivity contribution in [3.63, 3.8) is 0 Å². The van der Waals surface area contributed by atoms with E-state index in [0.29, 0.717) is 0 Å². The molecule has 0 aliphatic heterocycles. The van der Waals surface area contributed by atoms with Gasteiger partial charge in [0.2, 0.25) is 6.33 Å². The van der Waals surface area contributed by atoms with Gasteiger partial charge >= 0.3 is 5.95 Å². The molecule has 11 heavy (non-hydrogen) atoms. The van der Waals surface area contributed by atoms with E-state index in [1.54, 1.807) is 0 Å². The summed E-state index contributed by atoms with van der Waals surface area (Å²) >= 11 is 0. The first kappa shape index (κ1) is 8.94. The molecule has 0 aliphatic rings. The summed E-state index contributed by atoms with van der Waals surface area (Å²) in [6.07, 6.45) is 1.41. The molecule has 0 aliphatic carbocycles. The predicted octanol–water partition coefficient (Wildman–Crippen LogP) is -2.25. The number of aromatic amines is 1. The quantitative estimate of drug-likeness (QED) is 0.170. The lowest BCUT2D eigenvalue weighted by Crippen LogP contribution is -2.48. The molecule has 1 aromatic heterocycles. The molecule has 1 aromatic rings. The molecule has 0 atom stereocenters. The summed E-state index contributed by atoms with van der Waals surface area (Å²) in [5, 5.41) is 17.3. The number of nitrogens with zero attached hydrogens (tertiary/aromatic N) is 3. The Labute approximate surface area is 60.3 Å². The van der Waals surface area contributed by atoms with Gasteiger partial charge in [0.05, 0.1) is 5.09 Å². The lowest BCUT2D eigenvalue weighted by atomic mass is 11.1. The van der Waals surface area contributed by atoms with E-state index >= 15 is 0 Å². The predicted molar refractivity (Wildman–Crippen MR) is 33.7 cm³/mol. The van der Waals surface area contributed by atoms with Gasteiger partial charge in [0.1, 0.15) is 0 Å². The Balaban J connectivity index is 0.000000218. The Morgan fingerprint density at radius 2 is 2.18 bits per heavy atom.